The van der Waals surface area contributed by atoms with Crippen LogP contribution >= 0.6 is 0 Å². The molecule has 2 heterocycles. The maximum absolute atomic E-state index is 13.7. The Balaban J connectivity index is 1.26. The van der Waals surface area contributed by atoms with Gasteiger partial charge in [0, 0.05) is 56.2 Å². The summed E-state index contributed by atoms with van der Waals surface area (Å²) in [6.45, 7) is 4.24. The predicted molar refractivity (Wildman–Crippen MR) is 129 cm³/mol. The minimum absolute atomic E-state index is 0.0441. The van der Waals surface area contributed by atoms with E-state index in [2.05, 4.69) is 22.2 Å². The number of hydroxylamine groups is 2. The fourth-order valence-corrected chi connectivity index (χ4v) is 4.34. The Hall–Kier alpha value is -2.75. The number of halogens is 2. The maximum Gasteiger partial charge on any atom is 0.265 e. The summed E-state index contributed by atoms with van der Waals surface area (Å²) in [5.41, 5.74) is 3.33. The van der Waals surface area contributed by atoms with Crippen LogP contribution in [0.2, 0.25) is 0 Å². The standard InChI is InChI=1S/C25H33F2N5O2/c1-29-13-15-30(16-14-29)18-24(33)32(34)17-20-3-5-21(6-4-20)28-22-7-9-23(10-8-22)31-12-2-11-25(26,27)19-31/h3-10,28,34H,2,11-19H2,1H3. The van der Waals surface area contributed by atoms with Gasteiger partial charge in [0.25, 0.3) is 11.8 Å². The number of anilines is 3. The average Bonchev–Trinajstić information content (AvgIpc) is 2.81. The molecule has 9 heteroatoms. The zero-order chi connectivity index (χ0) is 24.1. The number of likely N-dealkylation sites (N-methyl/N-ethyl adjacent to an activating group) is 1. The highest BCUT2D eigenvalue weighted by atomic mass is 19.3. The molecule has 0 aromatic heterocycles. The first-order valence-corrected chi connectivity index (χ1v) is 11.8. The first-order valence-electron chi connectivity index (χ1n) is 11.8. The third kappa shape index (κ3) is 6.65. The Bertz CT molecular complexity index is 947. The molecule has 7 nitrogen and oxygen atoms in total. The average molecular weight is 474 g/mol. The molecule has 0 radical (unpaired) electrons. The number of nitrogens with one attached hydrogen (secondary N) is 1. The number of piperazine rings is 1. The van der Waals surface area contributed by atoms with Crippen LogP contribution in [0.3, 0.4) is 0 Å². The number of alkyl halides is 2. The molecule has 2 fully saturated rings. The second kappa shape index (κ2) is 10.7. The van der Waals surface area contributed by atoms with Crippen LogP contribution in [-0.4, -0.2) is 84.8 Å². The zero-order valence-corrected chi connectivity index (χ0v) is 19.6. The Kier molecular flexibility index (Phi) is 7.65. The van der Waals surface area contributed by atoms with E-state index in [4.69, 9.17) is 0 Å². The Morgan fingerprint density at radius 1 is 1.00 bits per heavy atom. The Labute approximate surface area is 199 Å². The van der Waals surface area contributed by atoms with Crippen LogP contribution in [0.5, 0.6) is 0 Å². The number of rotatable bonds is 7. The topological polar surface area (TPSA) is 62.3 Å². The maximum atomic E-state index is 13.7. The number of piperidine rings is 1. The van der Waals surface area contributed by atoms with Gasteiger partial charge < -0.3 is 15.1 Å². The van der Waals surface area contributed by atoms with Gasteiger partial charge in [-0.3, -0.25) is 14.9 Å². The van der Waals surface area contributed by atoms with Crippen molar-refractivity contribution in [3.63, 3.8) is 0 Å². The van der Waals surface area contributed by atoms with Crippen molar-refractivity contribution >= 4 is 23.0 Å². The van der Waals surface area contributed by atoms with Gasteiger partial charge in [0.2, 0.25) is 0 Å². The van der Waals surface area contributed by atoms with E-state index in [1.807, 2.05) is 48.5 Å². The lowest BCUT2D eigenvalue weighted by Crippen LogP contribution is -2.48. The molecule has 0 saturated carbocycles. The first kappa shape index (κ1) is 24.4. The zero-order valence-electron chi connectivity index (χ0n) is 19.6. The highest BCUT2D eigenvalue weighted by molar-refractivity contribution is 5.77. The van der Waals surface area contributed by atoms with Gasteiger partial charge in [0.05, 0.1) is 19.6 Å². The molecule has 184 valence electrons. The minimum atomic E-state index is -2.63. The van der Waals surface area contributed by atoms with Crippen LogP contribution in [0.15, 0.2) is 48.5 Å². The van der Waals surface area contributed by atoms with Crippen molar-refractivity contribution in [2.45, 2.75) is 25.3 Å². The Morgan fingerprint density at radius 3 is 2.24 bits per heavy atom. The summed E-state index contributed by atoms with van der Waals surface area (Å²) in [5, 5.41) is 14.3. The number of carbonyl (C=O) groups is 1. The highest BCUT2D eigenvalue weighted by Crippen LogP contribution is 2.30. The van der Waals surface area contributed by atoms with Gasteiger partial charge in [-0.1, -0.05) is 12.1 Å². The van der Waals surface area contributed by atoms with Crippen LogP contribution < -0.4 is 10.2 Å². The van der Waals surface area contributed by atoms with Crippen LogP contribution in [0, 0.1) is 0 Å². The van der Waals surface area contributed by atoms with E-state index >= 15 is 0 Å². The van der Waals surface area contributed by atoms with Crippen LogP contribution in [0.4, 0.5) is 25.8 Å². The van der Waals surface area contributed by atoms with Gasteiger partial charge in [0.1, 0.15) is 0 Å². The molecule has 2 aliphatic rings. The quantitative estimate of drug-likeness (QED) is 0.473. The van der Waals surface area contributed by atoms with Crippen molar-refractivity contribution in [2.75, 3.05) is 63.1 Å². The van der Waals surface area contributed by atoms with Crippen molar-refractivity contribution in [3.05, 3.63) is 54.1 Å². The minimum Gasteiger partial charge on any atom is -0.365 e. The number of carbonyl (C=O) groups excluding carboxylic acids is 1. The molecule has 0 atom stereocenters. The predicted octanol–water partition coefficient (Wildman–Crippen LogP) is 3.63. The molecule has 2 N–H and O–H groups in total. The first-order chi connectivity index (χ1) is 16.3. The third-order valence-corrected chi connectivity index (χ3v) is 6.44. The van der Waals surface area contributed by atoms with E-state index in [0.29, 0.717) is 13.0 Å². The molecule has 2 aliphatic heterocycles. The van der Waals surface area contributed by atoms with Crippen molar-refractivity contribution in [2.24, 2.45) is 0 Å². The molecule has 1 amide bonds. The number of hydrogen-bond acceptors (Lipinski definition) is 6. The second-order valence-electron chi connectivity index (χ2n) is 9.28. The SMILES string of the molecule is CN1CCN(CC(=O)N(O)Cc2ccc(Nc3ccc(N4CCCC(F)(F)C4)cc3)cc2)CC1. The number of nitrogens with zero attached hydrogens (tertiary/aromatic N) is 4. The molecule has 2 aromatic rings. The molecule has 0 unspecified atom stereocenters. The van der Waals surface area contributed by atoms with E-state index in [9.17, 15) is 18.8 Å². The lowest BCUT2D eigenvalue weighted by Gasteiger charge is -2.34. The smallest absolute Gasteiger partial charge is 0.265 e. The normalized spacial score (nSPS) is 19.1. The largest absolute Gasteiger partial charge is 0.365 e. The van der Waals surface area contributed by atoms with Crippen molar-refractivity contribution in [3.8, 4) is 0 Å². The Morgan fingerprint density at radius 2 is 1.62 bits per heavy atom. The number of amides is 1. The third-order valence-electron chi connectivity index (χ3n) is 6.44. The van der Waals surface area contributed by atoms with Gasteiger partial charge in [-0.15, -0.1) is 0 Å². The summed E-state index contributed by atoms with van der Waals surface area (Å²) in [7, 11) is 2.06. The number of benzene rings is 2. The summed E-state index contributed by atoms with van der Waals surface area (Å²) in [5.74, 6) is -2.94. The van der Waals surface area contributed by atoms with Crippen LogP contribution in [-0.2, 0) is 11.3 Å². The summed E-state index contributed by atoms with van der Waals surface area (Å²) < 4.78 is 27.4. The molecule has 0 bridgehead atoms. The van der Waals surface area contributed by atoms with E-state index < -0.39 is 5.92 Å². The molecular weight excluding hydrogens is 440 g/mol. The van der Waals surface area contributed by atoms with Crippen molar-refractivity contribution in [1.82, 2.24) is 14.9 Å². The fourth-order valence-electron chi connectivity index (χ4n) is 4.34. The second-order valence-corrected chi connectivity index (χ2v) is 9.28. The van der Waals surface area contributed by atoms with E-state index in [-0.39, 0.29) is 32.0 Å². The molecule has 0 aliphatic carbocycles. The molecular formula is C25H33F2N5O2. The van der Waals surface area contributed by atoms with Crippen LogP contribution in [0.25, 0.3) is 0 Å². The summed E-state index contributed by atoms with van der Waals surface area (Å²) in [6.07, 6.45) is 0.448. The van der Waals surface area contributed by atoms with Gasteiger partial charge in [0.15, 0.2) is 0 Å². The van der Waals surface area contributed by atoms with E-state index in [0.717, 1.165) is 53.9 Å². The lowest BCUT2D eigenvalue weighted by molar-refractivity contribution is -0.169. The monoisotopic (exact) mass is 473 g/mol. The summed E-state index contributed by atoms with van der Waals surface area (Å²) >= 11 is 0. The van der Waals surface area contributed by atoms with Crippen molar-refractivity contribution < 1.29 is 18.8 Å². The van der Waals surface area contributed by atoms with Crippen molar-refractivity contribution in [1.29, 1.82) is 0 Å². The molecule has 2 aromatic carbocycles. The van der Waals surface area contributed by atoms with Gasteiger partial charge in [-0.05, 0) is 55.4 Å². The molecule has 4 rings (SSSR count). The van der Waals surface area contributed by atoms with E-state index in [1.165, 1.54) is 0 Å². The highest BCUT2D eigenvalue weighted by Gasteiger charge is 2.35. The van der Waals surface area contributed by atoms with Gasteiger partial charge >= 0.3 is 0 Å². The molecule has 0 spiro atoms. The summed E-state index contributed by atoms with van der Waals surface area (Å²) in [6, 6.07) is 14.9. The molecule has 2 saturated heterocycles. The number of hydrogen-bond donors (Lipinski definition) is 2. The summed E-state index contributed by atoms with van der Waals surface area (Å²) in [4.78, 5) is 18.4. The fraction of sp³-hybridized carbons (Fsp3) is 0.480. The van der Waals surface area contributed by atoms with Gasteiger partial charge in [-0.25, -0.2) is 13.8 Å². The molecule has 34 heavy (non-hydrogen) atoms. The van der Waals surface area contributed by atoms with E-state index in [1.54, 1.807) is 4.90 Å². The van der Waals surface area contributed by atoms with Crippen LogP contribution in [0.1, 0.15) is 18.4 Å². The van der Waals surface area contributed by atoms with Gasteiger partial charge in [-0.2, -0.15) is 0 Å². The lowest BCUT2D eigenvalue weighted by atomic mass is 10.1.